The summed E-state index contributed by atoms with van der Waals surface area (Å²) in [5, 5.41) is 0.313. The predicted molar refractivity (Wildman–Crippen MR) is 95.1 cm³/mol. The fraction of sp³-hybridized carbons (Fsp3) is 0.895. The van der Waals surface area contributed by atoms with Gasteiger partial charge in [-0.3, -0.25) is 0 Å². The largest absolute Gasteiger partial charge is 0.414 e. The normalized spacial score (nSPS) is 37.4. The van der Waals surface area contributed by atoms with Crippen molar-refractivity contribution < 1.29 is 4.43 Å². The Balaban J connectivity index is 2.19. The van der Waals surface area contributed by atoms with E-state index >= 15 is 0 Å². The van der Waals surface area contributed by atoms with Gasteiger partial charge in [-0.1, -0.05) is 46.3 Å². The third kappa shape index (κ3) is 3.03. The number of allylic oxidation sites excluding steroid dienone is 1. The van der Waals surface area contributed by atoms with E-state index < -0.39 is 8.32 Å². The van der Waals surface area contributed by atoms with Crippen LogP contribution >= 0.6 is 0 Å². The van der Waals surface area contributed by atoms with Crippen LogP contribution in [0.15, 0.2) is 12.2 Å². The van der Waals surface area contributed by atoms with E-state index in [1.807, 2.05) is 0 Å². The molecule has 1 nitrogen and oxygen atoms in total. The molecule has 0 radical (unpaired) electrons. The van der Waals surface area contributed by atoms with E-state index in [9.17, 15) is 0 Å². The molecular formula is C19H36OSi. The van der Waals surface area contributed by atoms with Crippen molar-refractivity contribution in [3.05, 3.63) is 12.2 Å². The van der Waals surface area contributed by atoms with E-state index in [1.165, 1.54) is 37.7 Å². The van der Waals surface area contributed by atoms with Crippen LogP contribution in [0.5, 0.6) is 0 Å². The average Bonchev–Trinajstić information content (AvgIpc) is 2.65. The second-order valence-corrected chi connectivity index (χ2v) is 14.2. The molecule has 0 aromatic heterocycles. The van der Waals surface area contributed by atoms with Crippen LogP contribution in [0.1, 0.15) is 66.7 Å². The first kappa shape index (κ1) is 17.3. The van der Waals surface area contributed by atoms with Gasteiger partial charge in [0.05, 0.1) is 0 Å². The van der Waals surface area contributed by atoms with Gasteiger partial charge in [-0.2, -0.15) is 0 Å². The molecule has 2 rings (SSSR count). The summed E-state index contributed by atoms with van der Waals surface area (Å²) >= 11 is 0. The summed E-state index contributed by atoms with van der Waals surface area (Å²) in [7, 11) is -1.66. The molecule has 0 heterocycles. The summed E-state index contributed by atoms with van der Waals surface area (Å²) in [5.41, 5.74) is 1.84. The Morgan fingerprint density at radius 3 is 2.33 bits per heavy atom. The van der Waals surface area contributed by atoms with Crippen molar-refractivity contribution >= 4 is 8.32 Å². The fourth-order valence-electron chi connectivity index (χ4n) is 4.63. The van der Waals surface area contributed by atoms with Crippen molar-refractivity contribution in [2.75, 3.05) is 0 Å². The minimum Gasteiger partial charge on any atom is -0.414 e. The molecule has 0 bridgehead atoms. The van der Waals surface area contributed by atoms with E-state index in [0.717, 1.165) is 5.92 Å². The highest BCUT2D eigenvalue weighted by molar-refractivity contribution is 6.74. The first-order valence-corrected chi connectivity index (χ1v) is 11.7. The first-order valence-electron chi connectivity index (χ1n) is 8.82. The maximum Gasteiger partial charge on any atom is 0.192 e. The van der Waals surface area contributed by atoms with Gasteiger partial charge in [0.15, 0.2) is 8.32 Å². The van der Waals surface area contributed by atoms with E-state index in [2.05, 4.69) is 54.3 Å². The number of rotatable bonds is 3. The van der Waals surface area contributed by atoms with Gasteiger partial charge < -0.3 is 4.43 Å². The molecule has 2 heteroatoms. The van der Waals surface area contributed by atoms with Crippen molar-refractivity contribution in [3.63, 3.8) is 0 Å². The predicted octanol–water partition coefficient (Wildman–Crippen LogP) is 6.17. The van der Waals surface area contributed by atoms with Crippen molar-refractivity contribution in [3.8, 4) is 0 Å². The zero-order valence-electron chi connectivity index (χ0n) is 15.4. The Morgan fingerprint density at radius 1 is 1.19 bits per heavy atom. The zero-order chi connectivity index (χ0) is 16.1. The monoisotopic (exact) mass is 308 g/mol. The van der Waals surface area contributed by atoms with E-state index in [1.54, 1.807) is 0 Å². The second-order valence-electron chi connectivity index (χ2n) is 9.40. The van der Waals surface area contributed by atoms with Gasteiger partial charge in [0, 0.05) is 6.10 Å². The van der Waals surface area contributed by atoms with Crippen LogP contribution in [0.25, 0.3) is 0 Å². The molecule has 2 saturated carbocycles. The summed E-state index contributed by atoms with van der Waals surface area (Å²) < 4.78 is 6.86. The quantitative estimate of drug-likeness (QED) is 0.447. The summed E-state index contributed by atoms with van der Waals surface area (Å²) in [4.78, 5) is 0. The van der Waals surface area contributed by atoms with Gasteiger partial charge in [-0.15, -0.1) is 0 Å². The lowest BCUT2D eigenvalue weighted by Gasteiger charge is -2.49. The topological polar surface area (TPSA) is 9.23 Å². The smallest absolute Gasteiger partial charge is 0.192 e. The molecule has 2 aliphatic carbocycles. The Hall–Kier alpha value is -0.0831. The lowest BCUT2D eigenvalue weighted by Crippen LogP contribution is -2.49. The van der Waals surface area contributed by atoms with Gasteiger partial charge in [0.1, 0.15) is 0 Å². The van der Waals surface area contributed by atoms with Gasteiger partial charge in [-0.25, -0.2) is 0 Å². The highest BCUT2D eigenvalue weighted by atomic mass is 28.4. The number of fused-ring (bicyclic) bond motifs is 1. The van der Waals surface area contributed by atoms with Crippen molar-refractivity contribution in [2.45, 2.75) is 91.0 Å². The van der Waals surface area contributed by atoms with Crippen LogP contribution in [-0.4, -0.2) is 14.4 Å². The molecule has 0 spiro atoms. The Kier molecular flexibility index (Phi) is 4.54. The van der Waals surface area contributed by atoms with Crippen LogP contribution < -0.4 is 0 Å². The summed E-state index contributed by atoms with van der Waals surface area (Å²) in [6.07, 6.45) is 7.13. The molecule has 122 valence electrons. The van der Waals surface area contributed by atoms with Crippen molar-refractivity contribution in [1.29, 1.82) is 0 Å². The summed E-state index contributed by atoms with van der Waals surface area (Å²) in [5.74, 6) is 1.47. The maximum absolute atomic E-state index is 6.86. The number of hydrogen-bond donors (Lipinski definition) is 0. The third-order valence-corrected chi connectivity index (χ3v) is 11.4. The van der Waals surface area contributed by atoms with Crippen LogP contribution in [-0.2, 0) is 4.43 Å². The average molecular weight is 309 g/mol. The van der Waals surface area contributed by atoms with Gasteiger partial charge in [0.25, 0.3) is 0 Å². The molecule has 0 aliphatic heterocycles. The fourth-order valence-corrected chi connectivity index (χ4v) is 6.02. The van der Waals surface area contributed by atoms with Gasteiger partial charge in [-0.05, 0) is 68.0 Å². The van der Waals surface area contributed by atoms with Gasteiger partial charge in [0.2, 0.25) is 0 Å². The lowest BCUT2D eigenvalue weighted by atomic mass is 9.63. The van der Waals surface area contributed by atoms with Crippen LogP contribution in [0.3, 0.4) is 0 Å². The molecule has 2 fully saturated rings. The molecule has 21 heavy (non-hydrogen) atoms. The summed E-state index contributed by atoms with van der Waals surface area (Å²) in [6, 6.07) is 0. The maximum atomic E-state index is 6.86. The van der Waals surface area contributed by atoms with Crippen LogP contribution in [0, 0.1) is 17.3 Å². The van der Waals surface area contributed by atoms with E-state index in [4.69, 9.17) is 4.43 Å². The number of hydrogen-bond acceptors (Lipinski definition) is 1. The molecule has 0 aromatic rings. The second kappa shape index (κ2) is 5.52. The minimum absolute atomic E-state index is 0.313. The molecule has 0 saturated heterocycles. The van der Waals surface area contributed by atoms with Gasteiger partial charge >= 0.3 is 0 Å². The van der Waals surface area contributed by atoms with E-state index in [0.29, 0.717) is 22.5 Å². The summed E-state index contributed by atoms with van der Waals surface area (Å²) in [6.45, 7) is 20.9. The van der Waals surface area contributed by atoms with Crippen LogP contribution in [0.2, 0.25) is 18.1 Å². The SMILES string of the molecule is C=C(C)C1CCC2C(O[Si](C)(C)C(C)(C)C)CCCC12C. The highest BCUT2D eigenvalue weighted by Gasteiger charge is 2.53. The Labute approximate surface area is 133 Å². The zero-order valence-corrected chi connectivity index (χ0v) is 16.4. The molecule has 0 amide bonds. The minimum atomic E-state index is -1.66. The lowest BCUT2D eigenvalue weighted by molar-refractivity contribution is -0.00333. The standard InChI is InChI=1S/C19H36OSi/c1-14(2)15-11-12-16-17(10-9-13-19(15,16)6)20-21(7,8)18(3,4)5/h15-17H,1,9-13H2,2-8H3. The first-order chi connectivity index (χ1) is 9.49. The molecular weight excluding hydrogens is 272 g/mol. The van der Waals surface area contributed by atoms with Crippen LogP contribution in [0.4, 0.5) is 0 Å². The third-order valence-electron chi connectivity index (χ3n) is 6.91. The highest BCUT2D eigenvalue weighted by Crippen LogP contribution is 2.58. The Morgan fingerprint density at radius 2 is 1.81 bits per heavy atom. The molecule has 2 aliphatic rings. The van der Waals surface area contributed by atoms with Crippen molar-refractivity contribution in [1.82, 2.24) is 0 Å². The van der Waals surface area contributed by atoms with Crippen molar-refractivity contribution in [2.24, 2.45) is 17.3 Å². The molecule has 4 atom stereocenters. The molecule has 0 aromatic carbocycles. The molecule has 0 N–H and O–H groups in total. The Bertz CT molecular complexity index is 406. The van der Waals surface area contributed by atoms with E-state index in [-0.39, 0.29) is 0 Å². The molecule has 4 unspecified atom stereocenters.